The minimum Gasteiger partial charge on any atom is -0.505 e. The van der Waals surface area contributed by atoms with Gasteiger partial charge in [0.15, 0.2) is 39.8 Å². The highest BCUT2D eigenvalue weighted by atomic mass is 32.1. The van der Waals surface area contributed by atoms with Gasteiger partial charge in [0.1, 0.15) is 5.75 Å². The molecule has 3 aliphatic carbocycles. The van der Waals surface area contributed by atoms with E-state index in [0.29, 0.717) is 10.7 Å². The van der Waals surface area contributed by atoms with Crippen LogP contribution in [0.5, 0.6) is 5.75 Å². The van der Waals surface area contributed by atoms with Crippen LogP contribution in [0.3, 0.4) is 0 Å². The second-order valence-corrected chi connectivity index (χ2v) is 12.8. The summed E-state index contributed by atoms with van der Waals surface area (Å²) in [5, 5.41) is 38.3. The molecule has 12 nitrogen and oxygen atoms in total. The maximum Gasteiger partial charge on any atom is 0.235 e. The van der Waals surface area contributed by atoms with Crippen molar-refractivity contribution in [2.45, 2.75) is 30.6 Å². The number of phenolic OH excluding ortho intramolecular Hbond substituents is 1. The number of aliphatic hydroxyl groups is 2. The van der Waals surface area contributed by atoms with Crippen molar-refractivity contribution in [3.63, 3.8) is 0 Å². The predicted octanol–water partition coefficient (Wildman–Crippen LogP) is 1.27. The first-order valence-electron chi connectivity index (χ1n) is 14.0. The van der Waals surface area contributed by atoms with Gasteiger partial charge >= 0.3 is 0 Å². The summed E-state index contributed by atoms with van der Waals surface area (Å²) in [6.07, 6.45) is -0.0169. The van der Waals surface area contributed by atoms with E-state index in [9.17, 15) is 39.3 Å². The Balaban J connectivity index is 1.41. The zero-order chi connectivity index (χ0) is 31.8. The number of likely N-dealkylation sites (N-methyl/N-ethyl adjacent to an activating group) is 1. The molecule has 3 aliphatic rings. The number of amides is 1. The number of aromatic hydroxyl groups is 1. The molecule has 3 aromatic rings. The number of thiazole rings is 1. The number of carbonyl (C=O) groups is 5. The normalized spacial score (nSPS) is 31.4. The Labute approximate surface area is 255 Å². The smallest absolute Gasteiger partial charge is 0.235 e. The third-order valence-corrected chi connectivity index (χ3v) is 10.3. The lowest BCUT2D eigenvalue weighted by molar-refractivity contribution is -0.196. The highest BCUT2D eigenvalue weighted by molar-refractivity contribution is 7.19. The Hall–Kier alpha value is -4.30. The Kier molecular flexibility index (Phi) is 7.04. The largest absolute Gasteiger partial charge is 0.505 e. The summed E-state index contributed by atoms with van der Waals surface area (Å²) in [4.78, 5) is 73.7. The van der Waals surface area contributed by atoms with Crippen LogP contribution in [-0.4, -0.2) is 86.1 Å². The van der Waals surface area contributed by atoms with Gasteiger partial charge in [0, 0.05) is 12.1 Å². The summed E-state index contributed by atoms with van der Waals surface area (Å²) in [5.41, 5.74) is 3.55. The number of primary amides is 1. The molecule has 1 amide bonds. The quantitative estimate of drug-likeness (QED) is 0.204. The molecule has 2 aromatic carbocycles. The van der Waals surface area contributed by atoms with Crippen LogP contribution in [0, 0.1) is 23.7 Å². The molecule has 1 aromatic heterocycles. The Morgan fingerprint density at radius 2 is 1.75 bits per heavy atom. The average Bonchev–Trinajstić information content (AvgIpc) is 3.45. The number of fused-ring (bicyclic) bond motifs is 3. The van der Waals surface area contributed by atoms with E-state index in [1.807, 2.05) is 30.3 Å². The zero-order valence-corrected chi connectivity index (χ0v) is 24.7. The number of benzene rings is 2. The molecule has 1 heterocycles. The summed E-state index contributed by atoms with van der Waals surface area (Å²) < 4.78 is 0. The van der Waals surface area contributed by atoms with E-state index in [1.54, 1.807) is 25.3 Å². The fourth-order valence-electron chi connectivity index (χ4n) is 7.27. The molecule has 228 valence electrons. The topological polar surface area (TPSA) is 200 Å². The molecule has 6 rings (SSSR count). The maximum atomic E-state index is 14.1. The maximum absolute atomic E-state index is 14.1. The van der Waals surface area contributed by atoms with Crippen LogP contribution in [-0.2, 0) is 19.2 Å². The molecule has 13 heteroatoms. The van der Waals surface area contributed by atoms with Gasteiger partial charge in [-0.1, -0.05) is 54.7 Å². The minimum atomic E-state index is -3.05. The van der Waals surface area contributed by atoms with Crippen molar-refractivity contribution in [3.05, 3.63) is 59.8 Å². The second-order valence-electron chi connectivity index (χ2n) is 11.8. The van der Waals surface area contributed by atoms with Crippen LogP contribution in [0.15, 0.2) is 48.7 Å². The van der Waals surface area contributed by atoms with Gasteiger partial charge in [0.2, 0.25) is 5.91 Å². The predicted molar refractivity (Wildman–Crippen MR) is 158 cm³/mol. The number of phenols is 1. The number of anilines is 2. The van der Waals surface area contributed by atoms with Crippen molar-refractivity contribution in [3.8, 4) is 16.2 Å². The van der Waals surface area contributed by atoms with Crippen molar-refractivity contribution >= 4 is 51.2 Å². The number of nitrogens with one attached hydrogen (secondary N) is 1. The van der Waals surface area contributed by atoms with E-state index >= 15 is 0 Å². The summed E-state index contributed by atoms with van der Waals surface area (Å²) in [6, 6.07) is 11.3. The molecule has 6 N–H and O–H groups in total. The van der Waals surface area contributed by atoms with Gasteiger partial charge < -0.3 is 26.4 Å². The zero-order valence-electron chi connectivity index (χ0n) is 23.9. The summed E-state index contributed by atoms with van der Waals surface area (Å²) in [6.45, 7) is 1.66. The van der Waals surface area contributed by atoms with E-state index in [1.165, 1.54) is 30.3 Å². The van der Waals surface area contributed by atoms with E-state index in [-0.39, 0.29) is 11.3 Å². The van der Waals surface area contributed by atoms with Gasteiger partial charge in [-0.3, -0.25) is 28.9 Å². The highest BCUT2D eigenvalue weighted by Crippen LogP contribution is 2.55. The van der Waals surface area contributed by atoms with Crippen molar-refractivity contribution in [2.24, 2.45) is 29.4 Å². The van der Waals surface area contributed by atoms with Crippen LogP contribution in [0.2, 0.25) is 0 Å². The molecule has 0 spiro atoms. The second kappa shape index (κ2) is 10.4. The monoisotopic (exact) mass is 618 g/mol. The molecule has 44 heavy (non-hydrogen) atoms. The lowest BCUT2D eigenvalue weighted by Gasteiger charge is -2.56. The molecule has 0 bridgehead atoms. The SMILES string of the molecule is C[C@@H]1c2ccc(Nc3ncc(-c4ccccc4)s3)c(O)c2C(=O)C2C(=O)[C@@]3(O)C(=O)C(C(N)=O)C(=O)[C@H](N(C)C)[C@H]3[C@H](O)[C@H]21. The number of nitrogens with two attached hydrogens (primary N) is 1. The van der Waals surface area contributed by atoms with Crippen molar-refractivity contribution in [2.75, 3.05) is 19.4 Å². The molecule has 2 saturated carbocycles. The number of ketones is 4. The third kappa shape index (κ3) is 4.07. The number of hydrogen-bond donors (Lipinski definition) is 5. The van der Waals surface area contributed by atoms with Crippen LogP contribution in [0.1, 0.15) is 28.8 Å². The van der Waals surface area contributed by atoms with Crippen LogP contribution < -0.4 is 11.1 Å². The van der Waals surface area contributed by atoms with E-state index in [4.69, 9.17) is 5.73 Å². The average molecular weight is 619 g/mol. The molecule has 8 atom stereocenters. The molecule has 2 fully saturated rings. The van der Waals surface area contributed by atoms with Crippen LogP contribution in [0.4, 0.5) is 10.8 Å². The molecular weight excluding hydrogens is 588 g/mol. The van der Waals surface area contributed by atoms with Gasteiger partial charge in [0.05, 0.1) is 40.1 Å². The van der Waals surface area contributed by atoms with Gasteiger partial charge in [-0.2, -0.15) is 0 Å². The summed E-state index contributed by atoms with van der Waals surface area (Å²) in [7, 11) is 2.89. The Morgan fingerprint density at radius 1 is 1.07 bits per heavy atom. The summed E-state index contributed by atoms with van der Waals surface area (Å²) >= 11 is 1.32. The number of Topliss-reactive ketones (excluding diaryl/α,β-unsaturated/α-hetero) is 4. The van der Waals surface area contributed by atoms with Gasteiger partial charge in [0.25, 0.3) is 0 Å². The number of rotatable bonds is 5. The highest BCUT2D eigenvalue weighted by Gasteiger charge is 2.72. The molecule has 0 radical (unpaired) electrons. The first kappa shape index (κ1) is 29.8. The minimum absolute atomic E-state index is 0.137. The van der Waals surface area contributed by atoms with Gasteiger partial charge in [-0.15, -0.1) is 0 Å². The fraction of sp³-hybridized carbons (Fsp3) is 0.355. The molecule has 0 saturated heterocycles. The van der Waals surface area contributed by atoms with Crippen molar-refractivity contribution < 1.29 is 39.3 Å². The number of hydrogen-bond acceptors (Lipinski definition) is 12. The number of carbonyl (C=O) groups excluding carboxylic acids is 5. The van der Waals surface area contributed by atoms with E-state index in [0.717, 1.165) is 10.4 Å². The van der Waals surface area contributed by atoms with Crippen molar-refractivity contribution in [1.82, 2.24) is 9.88 Å². The molecular formula is C31H30N4O8S. The third-order valence-electron chi connectivity index (χ3n) is 9.30. The first-order chi connectivity index (χ1) is 20.8. The number of nitrogens with zero attached hydrogens (tertiary/aromatic N) is 2. The number of aliphatic hydroxyl groups excluding tert-OH is 1. The molecule has 2 unspecified atom stereocenters. The van der Waals surface area contributed by atoms with E-state index in [2.05, 4.69) is 10.3 Å². The Morgan fingerprint density at radius 3 is 2.39 bits per heavy atom. The Bertz CT molecular complexity index is 1740. The summed E-state index contributed by atoms with van der Waals surface area (Å²) in [5.74, 6) is -13.7. The molecule has 0 aliphatic heterocycles. The van der Waals surface area contributed by atoms with Crippen LogP contribution in [0.25, 0.3) is 10.4 Å². The van der Waals surface area contributed by atoms with Gasteiger partial charge in [-0.05, 0) is 37.2 Å². The lowest BCUT2D eigenvalue weighted by Crippen LogP contribution is -2.77. The first-order valence-corrected chi connectivity index (χ1v) is 14.8. The van der Waals surface area contributed by atoms with Gasteiger partial charge in [-0.25, -0.2) is 4.98 Å². The van der Waals surface area contributed by atoms with Crippen molar-refractivity contribution in [1.29, 1.82) is 0 Å². The fourth-order valence-corrected chi connectivity index (χ4v) is 8.11. The number of aromatic nitrogens is 1. The lowest BCUT2D eigenvalue weighted by atomic mass is 9.49. The van der Waals surface area contributed by atoms with E-state index < -0.39 is 82.1 Å². The van der Waals surface area contributed by atoms with Crippen LogP contribution >= 0.6 is 11.3 Å². The standard InChI is InChI=1S/C31H30N4O8S/c1-12-14-9-10-15(34-30-33-11-16(44-30)13-7-5-4-6-8-13)23(36)18(14)24(37)19-17(12)25(38)21-22(35(2)3)26(39)20(29(32)42)28(41)31(21,43)27(19)40/h4-12,17,19-22,25,36,38,43H,1-3H3,(H2,32,42)(H,33,34)/t12-,17+,19?,20?,21+,22-,25-,31-/m1/s1.